The summed E-state index contributed by atoms with van der Waals surface area (Å²) >= 11 is 0. The third kappa shape index (κ3) is 2.60. The lowest BCUT2D eigenvalue weighted by atomic mass is 10.3. The van der Waals surface area contributed by atoms with Crippen LogP contribution in [0.5, 0.6) is 5.75 Å². The average Bonchev–Trinajstić information content (AvgIpc) is 2.85. The first-order valence-corrected chi connectivity index (χ1v) is 7.31. The van der Waals surface area contributed by atoms with Crippen molar-refractivity contribution < 1.29 is 23.2 Å². The molecule has 1 fully saturated rings. The maximum atomic E-state index is 12.4. The molecular formula is C11H14N2O6S. The molecule has 1 aliphatic heterocycles. The van der Waals surface area contributed by atoms with E-state index >= 15 is 0 Å². The van der Waals surface area contributed by atoms with Gasteiger partial charge in [0.05, 0.1) is 18.1 Å². The van der Waals surface area contributed by atoms with Crippen LogP contribution in [0.3, 0.4) is 0 Å². The zero-order chi connectivity index (χ0) is 14.9. The Morgan fingerprint density at radius 1 is 1.50 bits per heavy atom. The maximum Gasteiger partial charge on any atom is 0.271 e. The van der Waals surface area contributed by atoms with E-state index < -0.39 is 21.1 Å². The smallest absolute Gasteiger partial charge is 0.271 e. The molecule has 110 valence electrons. The van der Waals surface area contributed by atoms with E-state index in [1.165, 1.54) is 19.2 Å². The topological polar surface area (TPSA) is 110 Å². The summed E-state index contributed by atoms with van der Waals surface area (Å²) in [5.74, 6) is 0.0389. The number of hydrogen-bond donors (Lipinski definition) is 1. The van der Waals surface area contributed by atoms with Gasteiger partial charge in [0, 0.05) is 25.2 Å². The van der Waals surface area contributed by atoms with Crippen LogP contribution in [0.25, 0.3) is 0 Å². The second kappa shape index (κ2) is 5.35. The lowest BCUT2D eigenvalue weighted by molar-refractivity contribution is -0.385. The molecule has 1 aromatic rings. The number of methoxy groups -OCH3 is 1. The van der Waals surface area contributed by atoms with Crippen LogP contribution in [0, 0.1) is 10.1 Å². The second-order valence-electron chi connectivity index (χ2n) is 4.40. The molecule has 1 saturated heterocycles. The Kier molecular flexibility index (Phi) is 3.93. The normalized spacial score (nSPS) is 20.0. The number of nitro groups is 1. The van der Waals surface area contributed by atoms with Crippen LogP contribution in [-0.4, -0.2) is 49.1 Å². The van der Waals surface area contributed by atoms with Crippen LogP contribution in [0.4, 0.5) is 5.69 Å². The fourth-order valence-electron chi connectivity index (χ4n) is 2.05. The molecule has 0 aromatic heterocycles. The summed E-state index contributed by atoms with van der Waals surface area (Å²) in [6.07, 6.45) is -0.370. The first kappa shape index (κ1) is 14.7. The zero-order valence-electron chi connectivity index (χ0n) is 10.7. The van der Waals surface area contributed by atoms with E-state index in [1.54, 1.807) is 0 Å². The number of aliphatic hydroxyl groups is 1. The summed E-state index contributed by atoms with van der Waals surface area (Å²) in [7, 11) is -2.64. The Labute approximate surface area is 115 Å². The maximum absolute atomic E-state index is 12.4. The highest BCUT2D eigenvalue weighted by molar-refractivity contribution is 7.89. The minimum Gasteiger partial charge on any atom is -0.495 e. The van der Waals surface area contributed by atoms with Crippen LogP contribution >= 0.6 is 0 Å². The van der Waals surface area contributed by atoms with Gasteiger partial charge >= 0.3 is 0 Å². The standard InChI is InChI=1S/C11H14N2O6S/c1-19-10-3-2-8(13(15)16)6-11(10)20(17,18)12-5-4-9(14)7-12/h2-3,6,9,14H,4-5,7H2,1H3/t9-/m0/s1. The molecular weight excluding hydrogens is 288 g/mol. The third-order valence-electron chi connectivity index (χ3n) is 3.10. The molecule has 0 saturated carbocycles. The summed E-state index contributed by atoms with van der Waals surface area (Å²) in [5, 5.41) is 20.2. The van der Waals surface area contributed by atoms with Gasteiger partial charge in [-0.3, -0.25) is 10.1 Å². The molecule has 1 heterocycles. The summed E-state index contributed by atoms with van der Waals surface area (Å²) in [6.45, 7) is 0.156. The molecule has 0 radical (unpaired) electrons. The Morgan fingerprint density at radius 3 is 2.70 bits per heavy atom. The number of β-amino-alcohol motifs (C(OH)–C–C–N with tert-alkyl or cyclic N) is 1. The van der Waals surface area contributed by atoms with Crippen molar-refractivity contribution in [1.82, 2.24) is 4.31 Å². The highest BCUT2D eigenvalue weighted by Crippen LogP contribution is 2.31. The quantitative estimate of drug-likeness (QED) is 0.635. The van der Waals surface area contributed by atoms with E-state index in [0.29, 0.717) is 6.42 Å². The summed E-state index contributed by atoms with van der Waals surface area (Å²) < 4.78 is 31.0. The van der Waals surface area contributed by atoms with Gasteiger partial charge in [-0.25, -0.2) is 8.42 Å². The number of rotatable bonds is 4. The van der Waals surface area contributed by atoms with E-state index in [-0.39, 0.29) is 29.4 Å². The molecule has 0 aliphatic carbocycles. The summed E-state index contributed by atoms with van der Waals surface area (Å²) in [6, 6.07) is 3.40. The van der Waals surface area contributed by atoms with Gasteiger partial charge in [-0.2, -0.15) is 4.31 Å². The minimum atomic E-state index is -3.93. The van der Waals surface area contributed by atoms with Crippen LogP contribution in [0.1, 0.15) is 6.42 Å². The van der Waals surface area contributed by atoms with Gasteiger partial charge < -0.3 is 9.84 Å². The van der Waals surface area contributed by atoms with E-state index in [1.807, 2.05) is 0 Å². The molecule has 0 bridgehead atoms. The molecule has 1 N–H and O–H groups in total. The van der Waals surface area contributed by atoms with Crippen molar-refractivity contribution in [3.63, 3.8) is 0 Å². The van der Waals surface area contributed by atoms with Crippen molar-refractivity contribution in [1.29, 1.82) is 0 Å². The molecule has 9 heteroatoms. The second-order valence-corrected chi connectivity index (χ2v) is 6.30. The largest absolute Gasteiger partial charge is 0.495 e. The van der Waals surface area contributed by atoms with Gasteiger partial charge in [0.15, 0.2) is 0 Å². The van der Waals surface area contributed by atoms with Crippen molar-refractivity contribution in [2.45, 2.75) is 17.4 Å². The first-order chi connectivity index (χ1) is 9.36. The number of nitrogens with zero attached hydrogens (tertiary/aromatic N) is 2. The highest BCUT2D eigenvalue weighted by Gasteiger charge is 2.34. The van der Waals surface area contributed by atoms with Gasteiger partial charge in [-0.1, -0.05) is 0 Å². The molecule has 2 rings (SSSR count). The summed E-state index contributed by atoms with van der Waals surface area (Å²) in [4.78, 5) is 9.84. The van der Waals surface area contributed by atoms with E-state index in [4.69, 9.17) is 4.74 Å². The molecule has 8 nitrogen and oxygen atoms in total. The SMILES string of the molecule is COc1ccc([N+](=O)[O-])cc1S(=O)(=O)N1CC[C@H](O)C1. The van der Waals surface area contributed by atoms with Crippen LogP contribution < -0.4 is 4.74 Å². The molecule has 1 atom stereocenters. The zero-order valence-corrected chi connectivity index (χ0v) is 11.5. The first-order valence-electron chi connectivity index (χ1n) is 5.87. The summed E-state index contributed by atoms with van der Waals surface area (Å²) in [5.41, 5.74) is -0.330. The molecule has 20 heavy (non-hydrogen) atoms. The number of aliphatic hydroxyl groups excluding tert-OH is 1. The Bertz CT molecular complexity index is 630. The number of hydrogen-bond acceptors (Lipinski definition) is 6. The number of ether oxygens (including phenoxy) is 1. The van der Waals surface area contributed by atoms with Gasteiger partial charge in [0.2, 0.25) is 10.0 Å². The van der Waals surface area contributed by atoms with Crippen molar-refractivity contribution in [2.75, 3.05) is 20.2 Å². The van der Waals surface area contributed by atoms with Crippen molar-refractivity contribution >= 4 is 15.7 Å². The molecule has 0 unspecified atom stereocenters. The molecule has 1 aliphatic rings. The van der Waals surface area contributed by atoms with E-state index in [9.17, 15) is 23.6 Å². The van der Waals surface area contributed by atoms with E-state index in [0.717, 1.165) is 10.4 Å². The average molecular weight is 302 g/mol. The minimum absolute atomic E-state index is 0.0197. The van der Waals surface area contributed by atoms with Gasteiger partial charge in [0.1, 0.15) is 10.6 Å². The Hall–Kier alpha value is -1.71. The van der Waals surface area contributed by atoms with Gasteiger partial charge in [-0.15, -0.1) is 0 Å². The predicted octanol–water partition coefficient (Wildman–Crippen LogP) is 0.359. The van der Waals surface area contributed by atoms with Gasteiger partial charge in [-0.05, 0) is 12.5 Å². The monoisotopic (exact) mass is 302 g/mol. The Morgan fingerprint density at radius 2 is 2.20 bits per heavy atom. The Balaban J connectivity index is 2.49. The molecule has 0 spiro atoms. The number of non-ortho nitro benzene ring substituents is 1. The fraction of sp³-hybridized carbons (Fsp3) is 0.455. The molecule has 0 amide bonds. The van der Waals surface area contributed by atoms with Crippen LogP contribution in [-0.2, 0) is 10.0 Å². The highest BCUT2D eigenvalue weighted by atomic mass is 32.2. The van der Waals surface area contributed by atoms with Crippen molar-refractivity contribution in [3.05, 3.63) is 28.3 Å². The molecule has 1 aromatic carbocycles. The number of benzene rings is 1. The lowest BCUT2D eigenvalue weighted by Crippen LogP contribution is -2.30. The number of nitro benzene ring substituents is 1. The van der Waals surface area contributed by atoms with Gasteiger partial charge in [0.25, 0.3) is 5.69 Å². The van der Waals surface area contributed by atoms with E-state index in [2.05, 4.69) is 0 Å². The third-order valence-corrected chi connectivity index (χ3v) is 4.99. The van der Waals surface area contributed by atoms with Crippen LogP contribution in [0.2, 0.25) is 0 Å². The number of sulfonamides is 1. The fourth-order valence-corrected chi connectivity index (χ4v) is 3.72. The van der Waals surface area contributed by atoms with Crippen molar-refractivity contribution in [3.8, 4) is 5.75 Å². The van der Waals surface area contributed by atoms with Crippen LogP contribution in [0.15, 0.2) is 23.1 Å². The lowest BCUT2D eigenvalue weighted by Gasteiger charge is -2.17. The predicted molar refractivity (Wildman–Crippen MR) is 69.0 cm³/mol. The van der Waals surface area contributed by atoms with Crippen molar-refractivity contribution in [2.24, 2.45) is 0 Å².